The number of nitrogens with two attached hydrogens (primary N) is 1. The molecule has 0 aliphatic carbocycles. The van der Waals surface area contributed by atoms with Gasteiger partial charge in [-0.05, 0) is 48.2 Å². The maximum Gasteiger partial charge on any atom is 0.253 e. The number of likely N-dealkylation sites (tertiary alicyclic amines) is 1. The van der Waals surface area contributed by atoms with Crippen molar-refractivity contribution in [3.63, 3.8) is 0 Å². The van der Waals surface area contributed by atoms with Crippen molar-refractivity contribution in [2.45, 2.75) is 25.1 Å². The zero-order valence-corrected chi connectivity index (χ0v) is 20.1. The van der Waals surface area contributed by atoms with Crippen molar-refractivity contribution in [3.8, 4) is 22.4 Å². The molecule has 9 heteroatoms. The third kappa shape index (κ3) is 3.96. The van der Waals surface area contributed by atoms with Crippen LogP contribution in [-0.2, 0) is 7.05 Å². The number of amides is 1. The number of aliphatic hydroxyl groups is 1. The maximum atomic E-state index is 12.9. The summed E-state index contributed by atoms with van der Waals surface area (Å²) in [6.07, 6.45) is 2.98. The summed E-state index contributed by atoms with van der Waals surface area (Å²) >= 11 is 0. The van der Waals surface area contributed by atoms with Crippen LogP contribution in [0.5, 0.6) is 0 Å². The Morgan fingerprint density at radius 1 is 1.08 bits per heavy atom. The molecule has 2 fully saturated rings. The average molecular weight is 484 g/mol. The fourth-order valence-corrected chi connectivity index (χ4v) is 5.06. The van der Waals surface area contributed by atoms with Crippen LogP contribution in [0, 0.1) is 0 Å². The number of aryl methyl sites for hydroxylation is 1. The van der Waals surface area contributed by atoms with Gasteiger partial charge in [-0.25, -0.2) is 9.97 Å². The van der Waals surface area contributed by atoms with Crippen LogP contribution in [0.25, 0.3) is 33.4 Å². The smallest absolute Gasteiger partial charge is 0.253 e. The molecular formula is C27H29N7O2. The number of hydrogen-bond acceptors (Lipinski definition) is 7. The van der Waals surface area contributed by atoms with E-state index in [1.807, 2.05) is 65.0 Å². The lowest BCUT2D eigenvalue weighted by molar-refractivity contribution is 0.0793. The molecule has 2 atom stereocenters. The highest BCUT2D eigenvalue weighted by molar-refractivity contribution is 6.08. The Kier molecular flexibility index (Phi) is 5.58. The number of rotatable bonds is 6. The normalized spacial score (nSPS) is 17.9. The molecule has 1 unspecified atom stereocenters. The number of benzene rings is 2. The quantitative estimate of drug-likeness (QED) is 0.245. The molecule has 36 heavy (non-hydrogen) atoms. The molecule has 1 amide bonds. The topological polar surface area (TPSA) is 131 Å². The fraction of sp³-hybridized carbons (Fsp3) is 0.296. The number of carbonyl (C=O) groups excluding carboxylic acids is 1. The zero-order chi connectivity index (χ0) is 24.8. The minimum absolute atomic E-state index is 0.0757. The summed E-state index contributed by atoms with van der Waals surface area (Å²) in [7, 11) is 1.97. The zero-order valence-electron chi connectivity index (χ0n) is 20.1. The van der Waals surface area contributed by atoms with Crippen LogP contribution in [0.1, 0.15) is 23.2 Å². The second kappa shape index (κ2) is 8.92. The molecule has 0 saturated carbocycles. The van der Waals surface area contributed by atoms with E-state index < -0.39 is 6.23 Å². The molecule has 9 nitrogen and oxygen atoms in total. The minimum Gasteiger partial charge on any atom is -0.383 e. The van der Waals surface area contributed by atoms with Gasteiger partial charge in [0.05, 0.1) is 17.1 Å². The first-order valence-electron chi connectivity index (χ1n) is 12.3. The number of aromatic nitrogens is 3. The minimum atomic E-state index is -0.624. The Hall–Kier alpha value is -3.95. The molecule has 5 N–H and O–H groups in total. The Balaban J connectivity index is 1.41. The molecule has 2 aliphatic heterocycles. The van der Waals surface area contributed by atoms with Gasteiger partial charge in [-0.2, -0.15) is 0 Å². The Morgan fingerprint density at radius 3 is 2.42 bits per heavy atom. The number of hydrogen-bond donors (Lipinski definition) is 4. The molecule has 2 aromatic carbocycles. The highest BCUT2D eigenvalue weighted by Crippen LogP contribution is 2.41. The van der Waals surface area contributed by atoms with Gasteiger partial charge in [-0.1, -0.05) is 24.3 Å². The first-order chi connectivity index (χ1) is 17.5. The van der Waals surface area contributed by atoms with E-state index in [9.17, 15) is 9.90 Å². The van der Waals surface area contributed by atoms with E-state index in [0.717, 1.165) is 71.6 Å². The van der Waals surface area contributed by atoms with Crippen molar-refractivity contribution in [2.75, 3.05) is 30.7 Å². The van der Waals surface area contributed by atoms with Crippen molar-refractivity contribution in [1.29, 1.82) is 0 Å². The number of fused-ring (bicyclic) bond motifs is 1. The molecule has 4 aromatic rings. The molecule has 2 saturated heterocycles. The monoisotopic (exact) mass is 483 g/mol. The van der Waals surface area contributed by atoms with Gasteiger partial charge in [0, 0.05) is 43.5 Å². The summed E-state index contributed by atoms with van der Waals surface area (Å²) in [6, 6.07) is 15.8. The van der Waals surface area contributed by atoms with E-state index in [2.05, 4.69) is 20.6 Å². The lowest BCUT2D eigenvalue weighted by Crippen LogP contribution is -2.27. The molecule has 0 spiro atoms. The first kappa shape index (κ1) is 22.5. The third-order valence-corrected chi connectivity index (χ3v) is 7.10. The second-order valence-electron chi connectivity index (χ2n) is 9.50. The molecule has 2 aliphatic rings. The lowest BCUT2D eigenvalue weighted by atomic mass is 9.97. The summed E-state index contributed by atoms with van der Waals surface area (Å²) in [4.78, 5) is 23.5. The summed E-state index contributed by atoms with van der Waals surface area (Å²) in [6.45, 7) is 2.46. The van der Waals surface area contributed by atoms with E-state index in [1.165, 1.54) is 6.33 Å². The van der Waals surface area contributed by atoms with Crippen LogP contribution in [0.3, 0.4) is 0 Å². The van der Waals surface area contributed by atoms with Crippen LogP contribution in [0.2, 0.25) is 0 Å². The van der Waals surface area contributed by atoms with Gasteiger partial charge in [-0.15, -0.1) is 0 Å². The van der Waals surface area contributed by atoms with E-state index in [0.29, 0.717) is 11.4 Å². The largest absolute Gasteiger partial charge is 0.383 e. The van der Waals surface area contributed by atoms with Gasteiger partial charge in [-0.3, -0.25) is 4.79 Å². The summed E-state index contributed by atoms with van der Waals surface area (Å²) in [5.41, 5.74) is 12.4. The van der Waals surface area contributed by atoms with Crippen molar-refractivity contribution in [2.24, 2.45) is 7.05 Å². The lowest BCUT2D eigenvalue weighted by Gasteiger charge is -2.16. The Labute approximate surface area is 209 Å². The Morgan fingerprint density at radius 2 is 1.75 bits per heavy atom. The molecule has 184 valence electrons. The molecule has 6 rings (SSSR count). The number of carbonyl (C=O) groups is 1. The number of aliphatic hydroxyl groups excluding tert-OH is 1. The SMILES string of the molecule is Cn1c(-c2ccc(NC(O)[C@H]3CN3)cc2)c(-c2ccc(C(=O)N3CCCC3)cc2)c2c(N)ncnc21. The van der Waals surface area contributed by atoms with Gasteiger partial charge >= 0.3 is 0 Å². The van der Waals surface area contributed by atoms with E-state index in [4.69, 9.17) is 5.73 Å². The number of nitrogens with zero attached hydrogens (tertiary/aromatic N) is 4. The van der Waals surface area contributed by atoms with Gasteiger partial charge in [0.15, 0.2) is 0 Å². The van der Waals surface area contributed by atoms with E-state index >= 15 is 0 Å². The van der Waals surface area contributed by atoms with Gasteiger partial charge in [0.25, 0.3) is 5.91 Å². The highest BCUT2D eigenvalue weighted by Gasteiger charge is 2.29. The molecule has 0 bridgehead atoms. The molecular weight excluding hydrogens is 454 g/mol. The van der Waals surface area contributed by atoms with Gasteiger partial charge < -0.3 is 30.9 Å². The summed E-state index contributed by atoms with van der Waals surface area (Å²) in [5, 5.41) is 17.2. The standard InChI is InChI=1S/C27H29N7O2/c1-33-23(17-8-10-19(11-9-17)32-26(35)20-14-29-20)21(22-24(28)30-15-31-25(22)33)16-4-6-18(7-5-16)27(36)34-12-2-3-13-34/h4-11,15,20,26,29,32,35H,2-3,12-14H2,1H3,(H2,28,30,31)/t20-,26?/m1/s1. The highest BCUT2D eigenvalue weighted by atomic mass is 16.3. The van der Waals surface area contributed by atoms with E-state index in [-0.39, 0.29) is 11.9 Å². The predicted octanol–water partition coefficient (Wildman–Crippen LogP) is 2.82. The number of nitrogen functional groups attached to an aromatic ring is 1. The maximum absolute atomic E-state index is 12.9. The molecule has 0 radical (unpaired) electrons. The summed E-state index contributed by atoms with van der Waals surface area (Å²) in [5.74, 6) is 0.485. The van der Waals surface area contributed by atoms with Crippen molar-refractivity contribution in [3.05, 3.63) is 60.4 Å². The van der Waals surface area contributed by atoms with Crippen LogP contribution in [-0.4, -0.2) is 62.4 Å². The number of nitrogens with one attached hydrogen (secondary N) is 2. The van der Waals surface area contributed by atoms with Crippen LogP contribution in [0.4, 0.5) is 11.5 Å². The predicted molar refractivity (Wildman–Crippen MR) is 140 cm³/mol. The fourth-order valence-electron chi connectivity index (χ4n) is 5.06. The van der Waals surface area contributed by atoms with Gasteiger partial charge in [0.2, 0.25) is 0 Å². The average Bonchev–Trinajstić information content (AvgIpc) is 3.52. The van der Waals surface area contributed by atoms with Gasteiger partial charge in [0.1, 0.15) is 24.0 Å². The van der Waals surface area contributed by atoms with Crippen molar-refractivity contribution < 1.29 is 9.90 Å². The first-order valence-corrected chi connectivity index (χ1v) is 12.3. The van der Waals surface area contributed by atoms with Crippen LogP contribution in [0.15, 0.2) is 54.9 Å². The van der Waals surface area contributed by atoms with Crippen LogP contribution < -0.4 is 16.4 Å². The third-order valence-electron chi connectivity index (χ3n) is 7.10. The summed E-state index contributed by atoms with van der Waals surface area (Å²) < 4.78 is 2.03. The van der Waals surface area contributed by atoms with Crippen LogP contribution >= 0.6 is 0 Å². The van der Waals surface area contributed by atoms with Crippen molar-refractivity contribution in [1.82, 2.24) is 24.8 Å². The second-order valence-corrected chi connectivity index (χ2v) is 9.50. The number of anilines is 2. The van der Waals surface area contributed by atoms with E-state index in [1.54, 1.807) is 0 Å². The Bertz CT molecular complexity index is 1420. The molecule has 2 aromatic heterocycles. The molecule has 4 heterocycles. The van der Waals surface area contributed by atoms with Crippen molar-refractivity contribution >= 4 is 28.4 Å².